The normalized spacial score (nSPS) is 19.5. The summed E-state index contributed by atoms with van der Waals surface area (Å²) in [5, 5.41) is 3.39. The van der Waals surface area contributed by atoms with Gasteiger partial charge in [0.25, 0.3) is 0 Å². The lowest BCUT2D eigenvalue weighted by Gasteiger charge is -2.30. The van der Waals surface area contributed by atoms with Crippen molar-refractivity contribution in [2.24, 2.45) is 0 Å². The van der Waals surface area contributed by atoms with Crippen LogP contribution in [0.2, 0.25) is 0 Å². The number of rotatable bonds is 2. The minimum Gasteiger partial charge on any atom is -0.486 e. The second-order valence-electron chi connectivity index (χ2n) is 5.36. The third-order valence-corrected chi connectivity index (χ3v) is 4.00. The molecule has 1 N–H and O–H groups in total. The first kappa shape index (κ1) is 12.8. The quantitative estimate of drug-likeness (QED) is 0.875. The molecule has 0 atom stereocenters. The van der Waals surface area contributed by atoms with Crippen LogP contribution in [0, 0.1) is 13.8 Å². The van der Waals surface area contributed by atoms with Crippen LogP contribution in [0.25, 0.3) is 0 Å². The smallest absolute Gasteiger partial charge is 0.166 e. The lowest BCUT2D eigenvalue weighted by Crippen LogP contribution is -2.43. The van der Waals surface area contributed by atoms with E-state index in [1.165, 1.54) is 16.7 Å². The van der Waals surface area contributed by atoms with E-state index in [9.17, 15) is 0 Å². The minimum absolute atomic E-state index is 0.657. The molecule has 1 aromatic rings. The molecule has 2 heterocycles. The van der Waals surface area contributed by atoms with Crippen LogP contribution in [0.5, 0.6) is 11.5 Å². The number of hydrogen-bond donors (Lipinski definition) is 1. The molecule has 4 nitrogen and oxygen atoms in total. The van der Waals surface area contributed by atoms with E-state index in [4.69, 9.17) is 9.47 Å². The maximum atomic E-state index is 5.86. The number of nitrogens with one attached hydrogen (secondary N) is 1. The van der Waals surface area contributed by atoms with E-state index in [0.717, 1.165) is 44.2 Å². The summed E-state index contributed by atoms with van der Waals surface area (Å²) < 4.78 is 11.7. The van der Waals surface area contributed by atoms with Gasteiger partial charge < -0.3 is 14.8 Å². The van der Waals surface area contributed by atoms with Crippen molar-refractivity contribution in [2.45, 2.75) is 20.4 Å². The van der Waals surface area contributed by atoms with Crippen molar-refractivity contribution in [3.8, 4) is 11.5 Å². The first-order chi connectivity index (χ1) is 9.25. The van der Waals surface area contributed by atoms with Gasteiger partial charge in [-0.1, -0.05) is 6.07 Å². The van der Waals surface area contributed by atoms with Crippen LogP contribution in [0.15, 0.2) is 6.07 Å². The van der Waals surface area contributed by atoms with Crippen molar-refractivity contribution in [1.82, 2.24) is 10.2 Å². The summed E-state index contributed by atoms with van der Waals surface area (Å²) >= 11 is 0. The van der Waals surface area contributed by atoms with E-state index in [1.807, 2.05) is 0 Å². The Morgan fingerprint density at radius 3 is 2.53 bits per heavy atom. The number of hydrogen-bond acceptors (Lipinski definition) is 4. The van der Waals surface area contributed by atoms with Crippen molar-refractivity contribution in [3.05, 3.63) is 22.8 Å². The third kappa shape index (κ3) is 2.55. The monoisotopic (exact) mass is 262 g/mol. The summed E-state index contributed by atoms with van der Waals surface area (Å²) in [6.07, 6.45) is 0. The maximum Gasteiger partial charge on any atom is 0.166 e. The number of ether oxygens (including phenoxy) is 2. The minimum atomic E-state index is 0.657. The van der Waals surface area contributed by atoms with Crippen molar-refractivity contribution in [1.29, 1.82) is 0 Å². The number of benzene rings is 1. The molecular weight excluding hydrogens is 240 g/mol. The lowest BCUT2D eigenvalue weighted by atomic mass is 10.0. The molecule has 4 heteroatoms. The summed E-state index contributed by atoms with van der Waals surface area (Å²) in [6, 6.07) is 2.25. The van der Waals surface area contributed by atoms with E-state index < -0.39 is 0 Å². The molecule has 104 valence electrons. The second-order valence-corrected chi connectivity index (χ2v) is 5.36. The summed E-state index contributed by atoms with van der Waals surface area (Å²) in [6.45, 7) is 10.9. The van der Waals surface area contributed by atoms with E-state index in [1.54, 1.807) is 0 Å². The van der Waals surface area contributed by atoms with E-state index in [-0.39, 0.29) is 0 Å². The molecule has 3 rings (SSSR count). The van der Waals surface area contributed by atoms with Crippen molar-refractivity contribution in [2.75, 3.05) is 39.4 Å². The molecule has 0 radical (unpaired) electrons. The second kappa shape index (κ2) is 5.39. The summed E-state index contributed by atoms with van der Waals surface area (Å²) in [5.74, 6) is 1.92. The molecule has 1 saturated heterocycles. The highest BCUT2D eigenvalue weighted by Crippen LogP contribution is 2.39. The van der Waals surface area contributed by atoms with Crippen LogP contribution < -0.4 is 14.8 Å². The summed E-state index contributed by atoms with van der Waals surface area (Å²) in [7, 11) is 0. The molecule has 0 aromatic heterocycles. The zero-order valence-corrected chi connectivity index (χ0v) is 11.8. The fraction of sp³-hybridized carbons (Fsp3) is 0.600. The molecule has 0 amide bonds. The molecule has 0 unspecified atom stereocenters. The molecule has 2 aliphatic rings. The highest BCUT2D eigenvalue weighted by atomic mass is 16.6. The van der Waals surface area contributed by atoms with Gasteiger partial charge in [-0.05, 0) is 25.0 Å². The Bertz CT molecular complexity index is 468. The van der Waals surface area contributed by atoms with E-state index >= 15 is 0 Å². The van der Waals surface area contributed by atoms with Gasteiger partial charge in [0.05, 0.1) is 0 Å². The Hall–Kier alpha value is -1.26. The number of piperazine rings is 1. The first-order valence-corrected chi connectivity index (χ1v) is 7.07. The van der Waals surface area contributed by atoms with Crippen LogP contribution in [0.1, 0.15) is 16.7 Å². The van der Waals surface area contributed by atoms with Gasteiger partial charge in [-0.25, -0.2) is 0 Å². The standard InChI is InChI=1S/C15H22N2O2/c1-11-9-13(10-17-5-3-16-4-6-17)15-14(12(11)2)18-7-8-19-15/h9,16H,3-8,10H2,1-2H3. The zero-order valence-electron chi connectivity index (χ0n) is 11.8. The van der Waals surface area contributed by atoms with Crippen LogP contribution in [0.3, 0.4) is 0 Å². The number of fused-ring (bicyclic) bond motifs is 1. The van der Waals surface area contributed by atoms with Gasteiger partial charge in [0.1, 0.15) is 13.2 Å². The first-order valence-electron chi connectivity index (χ1n) is 7.07. The zero-order chi connectivity index (χ0) is 13.2. The Labute approximate surface area is 114 Å². The molecule has 0 aliphatic carbocycles. The number of nitrogens with zero attached hydrogens (tertiary/aromatic N) is 1. The number of aryl methyl sites for hydroxylation is 1. The lowest BCUT2D eigenvalue weighted by molar-refractivity contribution is 0.164. The van der Waals surface area contributed by atoms with Crippen molar-refractivity contribution in [3.63, 3.8) is 0 Å². The fourth-order valence-electron chi connectivity index (χ4n) is 2.78. The fourth-order valence-corrected chi connectivity index (χ4v) is 2.78. The van der Waals surface area contributed by atoms with E-state index in [0.29, 0.717) is 13.2 Å². The molecule has 19 heavy (non-hydrogen) atoms. The molecule has 0 saturated carbocycles. The Morgan fingerprint density at radius 1 is 1.11 bits per heavy atom. The Kier molecular flexibility index (Phi) is 3.62. The van der Waals surface area contributed by atoms with Crippen LogP contribution in [-0.4, -0.2) is 44.3 Å². The molecule has 1 fully saturated rings. The van der Waals surface area contributed by atoms with Crippen LogP contribution >= 0.6 is 0 Å². The molecule has 0 bridgehead atoms. The van der Waals surface area contributed by atoms with Gasteiger partial charge in [-0.2, -0.15) is 0 Å². The predicted octanol–water partition coefficient (Wildman–Crippen LogP) is 1.48. The van der Waals surface area contributed by atoms with Crippen molar-refractivity contribution >= 4 is 0 Å². The predicted molar refractivity (Wildman–Crippen MR) is 75.1 cm³/mol. The Morgan fingerprint density at radius 2 is 1.79 bits per heavy atom. The van der Waals surface area contributed by atoms with Gasteiger partial charge in [0.15, 0.2) is 11.5 Å². The van der Waals surface area contributed by atoms with Gasteiger partial charge in [0, 0.05) is 38.3 Å². The molecule has 2 aliphatic heterocycles. The highest BCUT2D eigenvalue weighted by Gasteiger charge is 2.22. The topological polar surface area (TPSA) is 33.7 Å². The third-order valence-electron chi connectivity index (χ3n) is 4.00. The van der Waals surface area contributed by atoms with Crippen molar-refractivity contribution < 1.29 is 9.47 Å². The van der Waals surface area contributed by atoms with Gasteiger partial charge in [-0.3, -0.25) is 4.90 Å². The van der Waals surface area contributed by atoms with Crippen LogP contribution in [0.4, 0.5) is 0 Å². The van der Waals surface area contributed by atoms with E-state index in [2.05, 4.69) is 30.1 Å². The Balaban J connectivity index is 1.89. The molecule has 0 spiro atoms. The average Bonchev–Trinajstić information content (AvgIpc) is 2.46. The van der Waals surface area contributed by atoms with Crippen LogP contribution in [-0.2, 0) is 6.54 Å². The van der Waals surface area contributed by atoms with Gasteiger partial charge in [0.2, 0.25) is 0 Å². The summed E-state index contributed by atoms with van der Waals surface area (Å²) in [5.41, 5.74) is 3.76. The average molecular weight is 262 g/mol. The molecular formula is C15H22N2O2. The SMILES string of the molecule is Cc1cc(CN2CCNCC2)c2c(c1C)OCCO2. The van der Waals surface area contributed by atoms with Gasteiger partial charge in [-0.15, -0.1) is 0 Å². The largest absolute Gasteiger partial charge is 0.486 e. The van der Waals surface area contributed by atoms with Gasteiger partial charge >= 0.3 is 0 Å². The summed E-state index contributed by atoms with van der Waals surface area (Å²) in [4.78, 5) is 2.47. The molecule has 1 aromatic carbocycles. The maximum absolute atomic E-state index is 5.86. The highest BCUT2D eigenvalue weighted by molar-refractivity contribution is 5.55.